The van der Waals surface area contributed by atoms with Gasteiger partial charge in [-0.2, -0.15) is 0 Å². The van der Waals surface area contributed by atoms with Crippen LogP contribution in [0.5, 0.6) is 5.75 Å². The van der Waals surface area contributed by atoms with Crippen molar-refractivity contribution in [2.24, 2.45) is 0 Å². The molecule has 0 atom stereocenters. The molecule has 1 heteroatoms. The summed E-state index contributed by atoms with van der Waals surface area (Å²) in [5.41, 5.74) is 0.940. The van der Waals surface area contributed by atoms with E-state index in [9.17, 15) is 5.11 Å². The van der Waals surface area contributed by atoms with Crippen LogP contribution in [0.4, 0.5) is 0 Å². The lowest BCUT2D eigenvalue weighted by molar-refractivity contribution is 0.470. The summed E-state index contributed by atoms with van der Waals surface area (Å²) in [5.74, 6) is 0.353. The summed E-state index contributed by atoms with van der Waals surface area (Å²) in [6, 6.07) is 7.33. The second-order valence-corrected chi connectivity index (χ2v) is 2.50. The Hall–Kier alpha value is -1.50. The first-order chi connectivity index (χ1) is 5.84. The van der Waals surface area contributed by atoms with Crippen LogP contribution in [-0.4, -0.2) is 5.11 Å². The summed E-state index contributed by atoms with van der Waals surface area (Å²) in [7, 11) is 0. The Morgan fingerprint density at radius 1 is 1.33 bits per heavy atom. The predicted octanol–water partition coefficient (Wildman–Crippen LogP) is 2.68. The molecule has 1 aromatic rings. The average Bonchev–Trinajstić information content (AvgIpc) is 2.09. The number of para-hydroxylation sites is 1. The molecule has 0 aromatic heterocycles. The molecule has 0 aliphatic carbocycles. The van der Waals surface area contributed by atoms with E-state index in [1.165, 1.54) is 0 Å². The number of aromatic hydroxyl groups is 1. The lowest BCUT2D eigenvalue weighted by atomic mass is 10.1. The first-order valence-corrected chi connectivity index (χ1v) is 3.89. The molecule has 62 valence electrons. The Morgan fingerprint density at radius 3 is 2.75 bits per heavy atom. The first kappa shape index (κ1) is 8.60. The van der Waals surface area contributed by atoms with Gasteiger partial charge in [0.1, 0.15) is 5.75 Å². The van der Waals surface area contributed by atoms with Crippen LogP contribution in [0.25, 0.3) is 0 Å². The first-order valence-electron chi connectivity index (χ1n) is 3.89. The number of hydrogen-bond acceptors (Lipinski definition) is 1. The predicted molar refractivity (Wildman–Crippen MR) is 51.1 cm³/mol. The highest BCUT2D eigenvalue weighted by Crippen LogP contribution is 2.15. The standard InChI is InChI=1S/C11H12O/c1-2-3-4-7-10-8-5-6-9-11(10)12/h2-6,8-9,12H,1,7H2/b4-3+. The molecule has 0 unspecified atom stereocenters. The van der Waals surface area contributed by atoms with Gasteiger partial charge in [0, 0.05) is 0 Å². The number of phenolic OH excluding ortho intramolecular Hbond substituents is 1. The number of phenols is 1. The van der Waals surface area contributed by atoms with E-state index < -0.39 is 0 Å². The number of allylic oxidation sites excluding steroid dienone is 3. The van der Waals surface area contributed by atoms with Crippen molar-refractivity contribution in [2.45, 2.75) is 6.42 Å². The summed E-state index contributed by atoms with van der Waals surface area (Å²) < 4.78 is 0. The third-order valence-electron chi connectivity index (χ3n) is 1.60. The molecule has 0 heterocycles. The van der Waals surface area contributed by atoms with Crippen molar-refractivity contribution in [1.82, 2.24) is 0 Å². The van der Waals surface area contributed by atoms with Gasteiger partial charge in [0.2, 0.25) is 0 Å². The van der Waals surface area contributed by atoms with Gasteiger partial charge in [0.15, 0.2) is 0 Å². The van der Waals surface area contributed by atoms with Crippen molar-refractivity contribution in [3.05, 3.63) is 54.6 Å². The van der Waals surface area contributed by atoms with E-state index in [0.717, 1.165) is 12.0 Å². The van der Waals surface area contributed by atoms with Gasteiger partial charge in [-0.3, -0.25) is 0 Å². The van der Waals surface area contributed by atoms with Crippen LogP contribution in [0.3, 0.4) is 0 Å². The SMILES string of the molecule is C=C/C=C/Cc1ccccc1O. The highest BCUT2D eigenvalue weighted by Gasteiger charge is 1.94. The van der Waals surface area contributed by atoms with Gasteiger partial charge < -0.3 is 5.11 Å². The van der Waals surface area contributed by atoms with Crippen molar-refractivity contribution in [1.29, 1.82) is 0 Å². The molecule has 0 spiro atoms. The third-order valence-corrected chi connectivity index (χ3v) is 1.60. The topological polar surface area (TPSA) is 20.2 Å². The van der Waals surface area contributed by atoms with E-state index in [0.29, 0.717) is 5.75 Å². The van der Waals surface area contributed by atoms with Gasteiger partial charge in [-0.15, -0.1) is 0 Å². The fourth-order valence-corrected chi connectivity index (χ4v) is 0.975. The molecule has 1 rings (SSSR count). The zero-order valence-corrected chi connectivity index (χ0v) is 6.90. The van der Waals surface area contributed by atoms with E-state index in [1.807, 2.05) is 30.4 Å². The molecule has 0 aliphatic heterocycles. The molecule has 0 aliphatic rings. The summed E-state index contributed by atoms with van der Waals surface area (Å²) in [6.07, 6.45) is 6.30. The van der Waals surface area contributed by atoms with Gasteiger partial charge in [-0.1, -0.05) is 43.0 Å². The maximum Gasteiger partial charge on any atom is 0.119 e. The van der Waals surface area contributed by atoms with Crippen molar-refractivity contribution in [3.8, 4) is 5.75 Å². The maximum absolute atomic E-state index is 9.35. The second-order valence-electron chi connectivity index (χ2n) is 2.50. The van der Waals surface area contributed by atoms with Crippen molar-refractivity contribution in [2.75, 3.05) is 0 Å². The van der Waals surface area contributed by atoms with Gasteiger partial charge in [-0.05, 0) is 18.1 Å². The molecule has 0 saturated heterocycles. The molecule has 1 aromatic carbocycles. The Labute approximate surface area is 72.7 Å². The second kappa shape index (κ2) is 4.39. The molecular weight excluding hydrogens is 148 g/mol. The number of benzene rings is 1. The molecule has 1 nitrogen and oxygen atoms in total. The fraction of sp³-hybridized carbons (Fsp3) is 0.0909. The van der Waals surface area contributed by atoms with Crippen molar-refractivity contribution >= 4 is 0 Å². The van der Waals surface area contributed by atoms with E-state index >= 15 is 0 Å². The summed E-state index contributed by atoms with van der Waals surface area (Å²) >= 11 is 0. The third kappa shape index (κ3) is 2.27. The highest BCUT2D eigenvalue weighted by atomic mass is 16.3. The zero-order chi connectivity index (χ0) is 8.81. The maximum atomic E-state index is 9.35. The van der Waals surface area contributed by atoms with Crippen molar-refractivity contribution < 1.29 is 5.11 Å². The minimum atomic E-state index is 0.353. The lowest BCUT2D eigenvalue weighted by Gasteiger charge is -1.98. The zero-order valence-electron chi connectivity index (χ0n) is 6.90. The van der Waals surface area contributed by atoms with E-state index in [1.54, 1.807) is 12.1 Å². The quantitative estimate of drug-likeness (QED) is 0.674. The Morgan fingerprint density at radius 2 is 2.08 bits per heavy atom. The van der Waals surface area contributed by atoms with Crippen LogP contribution < -0.4 is 0 Å². The van der Waals surface area contributed by atoms with Crippen LogP contribution in [0, 0.1) is 0 Å². The average molecular weight is 160 g/mol. The van der Waals surface area contributed by atoms with Gasteiger partial charge in [0.25, 0.3) is 0 Å². The van der Waals surface area contributed by atoms with Crippen LogP contribution in [-0.2, 0) is 6.42 Å². The van der Waals surface area contributed by atoms with Gasteiger partial charge >= 0.3 is 0 Å². The molecule has 0 fully saturated rings. The summed E-state index contributed by atoms with van der Waals surface area (Å²) in [5, 5.41) is 9.35. The van der Waals surface area contributed by atoms with E-state index in [2.05, 4.69) is 6.58 Å². The largest absolute Gasteiger partial charge is 0.508 e. The van der Waals surface area contributed by atoms with E-state index in [4.69, 9.17) is 0 Å². The lowest BCUT2D eigenvalue weighted by Crippen LogP contribution is -1.80. The molecular formula is C11H12O. The van der Waals surface area contributed by atoms with Crippen LogP contribution in [0.15, 0.2) is 49.1 Å². The summed E-state index contributed by atoms with van der Waals surface area (Å²) in [4.78, 5) is 0. The van der Waals surface area contributed by atoms with Crippen LogP contribution in [0.2, 0.25) is 0 Å². The molecule has 0 amide bonds. The summed E-state index contributed by atoms with van der Waals surface area (Å²) in [6.45, 7) is 3.56. The Kier molecular flexibility index (Phi) is 3.15. The highest BCUT2D eigenvalue weighted by molar-refractivity contribution is 5.33. The van der Waals surface area contributed by atoms with E-state index in [-0.39, 0.29) is 0 Å². The molecule has 0 radical (unpaired) electrons. The number of hydrogen-bond donors (Lipinski definition) is 1. The van der Waals surface area contributed by atoms with Gasteiger partial charge in [0.05, 0.1) is 0 Å². The molecule has 0 saturated carbocycles. The van der Waals surface area contributed by atoms with Gasteiger partial charge in [-0.25, -0.2) is 0 Å². The smallest absolute Gasteiger partial charge is 0.119 e. The molecule has 12 heavy (non-hydrogen) atoms. The Balaban J connectivity index is 2.69. The molecule has 1 N–H and O–H groups in total. The van der Waals surface area contributed by atoms with Crippen molar-refractivity contribution in [3.63, 3.8) is 0 Å². The normalized spacial score (nSPS) is 10.3. The Bertz CT molecular complexity index is 287. The minimum Gasteiger partial charge on any atom is -0.508 e. The van der Waals surface area contributed by atoms with Crippen LogP contribution >= 0.6 is 0 Å². The molecule has 0 bridgehead atoms. The fourth-order valence-electron chi connectivity index (χ4n) is 0.975. The minimum absolute atomic E-state index is 0.353. The monoisotopic (exact) mass is 160 g/mol. The number of rotatable bonds is 3. The van der Waals surface area contributed by atoms with Crippen LogP contribution in [0.1, 0.15) is 5.56 Å².